The first-order valence-electron chi connectivity index (χ1n) is 9.49. The number of nitrogens with one attached hydrogen (secondary N) is 1. The van der Waals surface area contributed by atoms with Crippen molar-refractivity contribution in [2.24, 2.45) is 5.92 Å². The Bertz CT molecular complexity index is 1110. The van der Waals surface area contributed by atoms with Crippen molar-refractivity contribution < 1.29 is 8.42 Å². The maximum atomic E-state index is 12.6. The van der Waals surface area contributed by atoms with Crippen LogP contribution in [0.5, 0.6) is 0 Å². The van der Waals surface area contributed by atoms with E-state index in [0.717, 1.165) is 33.5 Å². The van der Waals surface area contributed by atoms with Gasteiger partial charge in [0, 0.05) is 30.2 Å². The molecule has 0 bridgehead atoms. The van der Waals surface area contributed by atoms with Crippen LogP contribution in [0.2, 0.25) is 0 Å². The third kappa shape index (κ3) is 3.86. The number of anilines is 2. The van der Waals surface area contributed by atoms with Gasteiger partial charge in [0.2, 0.25) is 10.0 Å². The topological polar surface area (TPSA) is 75.2 Å². The molecule has 0 amide bonds. The summed E-state index contributed by atoms with van der Waals surface area (Å²) in [6, 6.07) is 11.9. The molecule has 1 aliphatic heterocycles. The molecule has 0 aliphatic carbocycles. The van der Waals surface area contributed by atoms with E-state index in [1.165, 1.54) is 0 Å². The molecule has 0 saturated heterocycles. The minimum Gasteiger partial charge on any atom is -0.339 e. The highest BCUT2D eigenvalue weighted by molar-refractivity contribution is 7.89. The molecule has 0 fully saturated rings. The summed E-state index contributed by atoms with van der Waals surface area (Å²) in [6.45, 7) is 4.74. The molecule has 0 radical (unpaired) electrons. The number of benzene rings is 1. The van der Waals surface area contributed by atoms with Crippen LogP contribution >= 0.6 is 0 Å². The van der Waals surface area contributed by atoms with Crippen LogP contribution in [0.15, 0.2) is 48.8 Å². The van der Waals surface area contributed by atoms with Crippen LogP contribution in [0.1, 0.15) is 25.0 Å². The monoisotopic (exact) mass is 396 g/mol. The van der Waals surface area contributed by atoms with Gasteiger partial charge in [-0.05, 0) is 36.1 Å². The standard InChI is InChI=1S/C21H24N4O2S/c1-15(2)14-28(26,27)25-10-8-19-17(13-25)7-9-22-21(19)24-18-11-16-5-3-4-6-20(16)23-12-18/h3-7,9,11-12,15H,8,10,13-14H2,1-2H3,(H,22,24). The fourth-order valence-electron chi connectivity index (χ4n) is 3.61. The Morgan fingerprint density at radius 1 is 1.18 bits per heavy atom. The summed E-state index contributed by atoms with van der Waals surface area (Å²) in [5.74, 6) is 1.07. The number of hydrogen-bond acceptors (Lipinski definition) is 5. The van der Waals surface area contributed by atoms with Crippen LogP contribution in [-0.2, 0) is 23.0 Å². The molecular weight excluding hydrogens is 372 g/mol. The molecule has 146 valence electrons. The van der Waals surface area contributed by atoms with E-state index < -0.39 is 10.0 Å². The molecular formula is C21H24N4O2S. The van der Waals surface area contributed by atoms with E-state index in [1.807, 2.05) is 50.2 Å². The Morgan fingerprint density at radius 2 is 2.00 bits per heavy atom. The van der Waals surface area contributed by atoms with Crippen molar-refractivity contribution in [2.45, 2.75) is 26.8 Å². The fourth-order valence-corrected chi connectivity index (χ4v) is 5.37. The predicted octanol–water partition coefficient (Wildman–Crippen LogP) is 3.72. The normalized spacial score (nSPS) is 15.0. The zero-order chi connectivity index (χ0) is 19.7. The van der Waals surface area contributed by atoms with Crippen LogP contribution in [0.3, 0.4) is 0 Å². The number of hydrogen-bond donors (Lipinski definition) is 1. The summed E-state index contributed by atoms with van der Waals surface area (Å²) >= 11 is 0. The minimum absolute atomic E-state index is 0.112. The number of para-hydroxylation sites is 1. The first-order valence-corrected chi connectivity index (χ1v) is 11.1. The molecule has 3 heterocycles. The number of aromatic nitrogens is 2. The fraction of sp³-hybridized carbons (Fsp3) is 0.333. The molecule has 0 unspecified atom stereocenters. The summed E-state index contributed by atoms with van der Waals surface area (Å²) in [5, 5.41) is 4.43. The lowest BCUT2D eigenvalue weighted by Crippen LogP contribution is -2.38. The van der Waals surface area contributed by atoms with Gasteiger partial charge in [0.15, 0.2) is 0 Å². The van der Waals surface area contributed by atoms with Gasteiger partial charge in [-0.1, -0.05) is 32.0 Å². The molecule has 1 aromatic carbocycles. The molecule has 6 nitrogen and oxygen atoms in total. The predicted molar refractivity (Wildman–Crippen MR) is 112 cm³/mol. The van der Waals surface area contributed by atoms with Crippen LogP contribution in [0, 0.1) is 5.92 Å². The van der Waals surface area contributed by atoms with Crippen molar-refractivity contribution in [3.63, 3.8) is 0 Å². The highest BCUT2D eigenvalue weighted by Gasteiger charge is 2.28. The molecule has 7 heteroatoms. The summed E-state index contributed by atoms with van der Waals surface area (Å²) < 4.78 is 26.8. The van der Waals surface area contributed by atoms with E-state index in [0.29, 0.717) is 19.5 Å². The zero-order valence-electron chi connectivity index (χ0n) is 16.1. The molecule has 28 heavy (non-hydrogen) atoms. The summed E-state index contributed by atoms with van der Waals surface area (Å²) in [6.07, 6.45) is 4.17. The van der Waals surface area contributed by atoms with Gasteiger partial charge in [0.1, 0.15) is 5.82 Å². The van der Waals surface area contributed by atoms with Gasteiger partial charge in [-0.25, -0.2) is 13.4 Å². The molecule has 0 spiro atoms. The van der Waals surface area contributed by atoms with E-state index in [-0.39, 0.29) is 11.7 Å². The second-order valence-electron chi connectivity index (χ2n) is 7.59. The molecule has 0 saturated carbocycles. The SMILES string of the molecule is CC(C)CS(=O)(=O)N1CCc2c(ccnc2Nc2cnc3ccccc3c2)C1. The smallest absolute Gasteiger partial charge is 0.214 e. The Kier molecular flexibility index (Phi) is 5.03. The highest BCUT2D eigenvalue weighted by atomic mass is 32.2. The Morgan fingerprint density at radius 3 is 2.82 bits per heavy atom. The minimum atomic E-state index is -3.24. The molecule has 1 aliphatic rings. The molecule has 4 rings (SSSR count). The Balaban J connectivity index is 1.59. The quantitative estimate of drug-likeness (QED) is 0.711. The van der Waals surface area contributed by atoms with Crippen LogP contribution < -0.4 is 5.32 Å². The summed E-state index contributed by atoms with van der Waals surface area (Å²) in [7, 11) is -3.24. The van der Waals surface area contributed by atoms with E-state index in [2.05, 4.69) is 15.3 Å². The average molecular weight is 397 g/mol. The van der Waals surface area contributed by atoms with Crippen LogP contribution in [0.4, 0.5) is 11.5 Å². The Labute approximate surface area is 165 Å². The summed E-state index contributed by atoms with van der Waals surface area (Å²) in [5.41, 5.74) is 3.90. The third-order valence-electron chi connectivity index (χ3n) is 4.90. The zero-order valence-corrected chi connectivity index (χ0v) is 16.9. The number of pyridine rings is 2. The number of nitrogens with zero attached hydrogens (tertiary/aromatic N) is 3. The average Bonchev–Trinajstić information content (AvgIpc) is 2.67. The highest BCUT2D eigenvalue weighted by Crippen LogP contribution is 2.29. The van der Waals surface area contributed by atoms with E-state index in [4.69, 9.17) is 0 Å². The lowest BCUT2D eigenvalue weighted by molar-refractivity contribution is 0.388. The third-order valence-corrected chi connectivity index (χ3v) is 7.09. The largest absolute Gasteiger partial charge is 0.339 e. The van der Waals surface area contributed by atoms with Gasteiger partial charge in [0.05, 0.1) is 23.2 Å². The van der Waals surface area contributed by atoms with Crippen molar-refractivity contribution >= 4 is 32.4 Å². The van der Waals surface area contributed by atoms with Gasteiger partial charge in [-0.15, -0.1) is 0 Å². The van der Waals surface area contributed by atoms with E-state index >= 15 is 0 Å². The second-order valence-corrected chi connectivity index (χ2v) is 9.61. The molecule has 3 aromatic rings. The van der Waals surface area contributed by atoms with Crippen molar-refractivity contribution in [1.82, 2.24) is 14.3 Å². The van der Waals surface area contributed by atoms with Crippen molar-refractivity contribution in [2.75, 3.05) is 17.6 Å². The van der Waals surface area contributed by atoms with Gasteiger partial charge < -0.3 is 5.32 Å². The summed E-state index contributed by atoms with van der Waals surface area (Å²) in [4.78, 5) is 8.98. The van der Waals surface area contributed by atoms with E-state index in [9.17, 15) is 8.42 Å². The lowest BCUT2D eigenvalue weighted by Gasteiger charge is -2.29. The van der Waals surface area contributed by atoms with E-state index in [1.54, 1.807) is 16.7 Å². The van der Waals surface area contributed by atoms with Gasteiger partial charge in [-0.3, -0.25) is 4.98 Å². The first-order chi connectivity index (χ1) is 13.4. The molecule has 0 atom stereocenters. The van der Waals surface area contributed by atoms with Gasteiger partial charge in [-0.2, -0.15) is 4.31 Å². The first kappa shape index (κ1) is 18.8. The maximum Gasteiger partial charge on any atom is 0.214 e. The lowest BCUT2D eigenvalue weighted by atomic mass is 10.0. The van der Waals surface area contributed by atoms with Crippen LogP contribution in [0.25, 0.3) is 10.9 Å². The molecule has 1 N–H and O–H groups in total. The van der Waals surface area contributed by atoms with Gasteiger partial charge in [0.25, 0.3) is 0 Å². The number of fused-ring (bicyclic) bond motifs is 2. The number of sulfonamides is 1. The maximum absolute atomic E-state index is 12.6. The van der Waals surface area contributed by atoms with Gasteiger partial charge >= 0.3 is 0 Å². The van der Waals surface area contributed by atoms with Crippen molar-refractivity contribution in [3.05, 3.63) is 59.9 Å². The van der Waals surface area contributed by atoms with Crippen LogP contribution in [-0.4, -0.2) is 35.0 Å². The Hall–Kier alpha value is -2.51. The molecule has 2 aromatic heterocycles. The van der Waals surface area contributed by atoms with Crippen molar-refractivity contribution in [1.29, 1.82) is 0 Å². The van der Waals surface area contributed by atoms with Crippen molar-refractivity contribution in [3.8, 4) is 0 Å². The number of rotatable bonds is 5. The second kappa shape index (κ2) is 7.48.